The smallest absolute Gasteiger partial charge is 0.146 e. The predicted octanol–water partition coefficient (Wildman–Crippen LogP) is 2.35. The molecule has 0 aromatic carbocycles. The predicted molar refractivity (Wildman–Crippen MR) is 97.1 cm³/mol. The normalized spacial score (nSPS) is 22.6. The summed E-state index contributed by atoms with van der Waals surface area (Å²) in [6.07, 6.45) is 7.52. The van der Waals surface area contributed by atoms with Crippen LogP contribution in [0.1, 0.15) is 55.4 Å². The standard InChI is InChI=1S/C19H28N6/c1-14(15-6-9-20-10-7-15)25-11-8-17(12-25)23(2)13-18-21-22-19(24(18)3)16-4-5-16/h6-7,9-10,14,16-17H,4-5,8,11-13H2,1-3H3/t14-,17+/m0/s1. The van der Waals surface area contributed by atoms with Gasteiger partial charge in [0.25, 0.3) is 0 Å². The van der Waals surface area contributed by atoms with Crippen LogP contribution in [0.4, 0.5) is 0 Å². The molecule has 3 heterocycles. The molecule has 2 fully saturated rings. The van der Waals surface area contributed by atoms with Crippen molar-refractivity contribution in [3.8, 4) is 0 Å². The molecule has 134 valence electrons. The van der Waals surface area contributed by atoms with Crippen molar-refractivity contribution >= 4 is 0 Å². The molecular formula is C19H28N6. The summed E-state index contributed by atoms with van der Waals surface area (Å²) in [5, 5.41) is 8.85. The fourth-order valence-electron chi connectivity index (χ4n) is 3.89. The molecule has 1 saturated heterocycles. The topological polar surface area (TPSA) is 50.1 Å². The third kappa shape index (κ3) is 3.46. The summed E-state index contributed by atoms with van der Waals surface area (Å²) in [4.78, 5) is 9.15. The molecule has 0 N–H and O–H groups in total. The second-order valence-electron chi connectivity index (χ2n) is 7.62. The summed E-state index contributed by atoms with van der Waals surface area (Å²) < 4.78 is 2.21. The molecule has 2 atom stereocenters. The van der Waals surface area contributed by atoms with Crippen LogP contribution in [0.25, 0.3) is 0 Å². The molecule has 1 aliphatic carbocycles. The Kier molecular flexibility index (Phi) is 4.56. The summed E-state index contributed by atoms with van der Waals surface area (Å²) in [7, 11) is 4.33. The number of pyridine rings is 1. The minimum atomic E-state index is 0.442. The maximum Gasteiger partial charge on any atom is 0.146 e. The third-order valence-electron chi connectivity index (χ3n) is 5.89. The van der Waals surface area contributed by atoms with Gasteiger partial charge in [-0.05, 0) is 50.9 Å². The van der Waals surface area contributed by atoms with E-state index in [1.807, 2.05) is 12.4 Å². The van der Waals surface area contributed by atoms with Gasteiger partial charge < -0.3 is 4.57 Å². The van der Waals surface area contributed by atoms with Gasteiger partial charge in [-0.3, -0.25) is 14.8 Å². The minimum absolute atomic E-state index is 0.442. The van der Waals surface area contributed by atoms with Crippen molar-refractivity contribution in [3.63, 3.8) is 0 Å². The molecule has 25 heavy (non-hydrogen) atoms. The summed E-state index contributed by atoms with van der Waals surface area (Å²) in [5.41, 5.74) is 1.35. The van der Waals surface area contributed by atoms with Gasteiger partial charge in [0.15, 0.2) is 0 Å². The van der Waals surface area contributed by atoms with Crippen LogP contribution >= 0.6 is 0 Å². The number of rotatable bonds is 6. The van der Waals surface area contributed by atoms with E-state index in [0.29, 0.717) is 18.0 Å². The van der Waals surface area contributed by atoms with Gasteiger partial charge in [0.1, 0.15) is 11.6 Å². The van der Waals surface area contributed by atoms with Crippen LogP contribution in [-0.4, -0.2) is 55.7 Å². The molecule has 1 saturated carbocycles. The van der Waals surface area contributed by atoms with Crippen LogP contribution in [0.3, 0.4) is 0 Å². The molecule has 0 bridgehead atoms. The summed E-state index contributed by atoms with van der Waals surface area (Å²) in [5.74, 6) is 2.91. The van der Waals surface area contributed by atoms with Crippen LogP contribution < -0.4 is 0 Å². The zero-order valence-electron chi connectivity index (χ0n) is 15.5. The first-order chi connectivity index (χ1) is 12.1. The fourth-order valence-corrected chi connectivity index (χ4v) is 3.89. The third-order valence-corrected chi connectivity index (χ3v) is 5.89. The second kappa shape index (κ2) is 6.84. The van der Waals surface area contributed by atoms with Gasteiger partial charge in [-0.2, -0.15) is 0 Å². The highest BCUT2D eigenvalue weighted by Crippen LogP contribution is 2.38. The lowest BCUT2D eigenvalue weighted by molar-refractivity contribution is 0.199. The number of likely N-dealkylation sites (N-methyl/N-ethyl adjacent to an activating group) is 1. The van der Waals surface area contributed by atoms with Crippen molar-refractivity contribution in [2.75, 3.05) is 20.1 Å². The molecule has 2 aromatic heterocycles. The van der Waals surface area contributed by atoms with Crippen molar-refractivity contribution < 1.29 is 0 Å². The van der Waals surface area contributed by atoms with E-state index in [1.54, 1.807) is 0 Å². The lowest BCUT2D eigenvalue weighted by atomic mass is 10.1. The molecule has 6 nitrogen and oxygen atoms in total. The molecule has 0 amide bonds. The highest BCUT2D eigenvalue weighted by atomic mass is 15.3. The van der Waals surface area contributed by atoms with E-state index >= 15 is 0 Å². The molecule has 1 aliphatic heterocycles. The summed E-state index contributed by atoms with van der Waals surface area (Å²) in [6.45, 7) is 5.42. The average Bonchev–Trinajstić information content (AvgIpc) is 3.24. The fraction of sp³-hybridized carbons (Fsp3) is 0.632. The Hall–Kier alpha value is -1.79. The summed E-state index contributed by atoms with van der Waals surface area (Å²) >= 11 is 0. The highest BCUT2D eigenvalue weighted by Gasteiger charge is 2.32. The number of hydrogen-bond donors (Lipinski definition) is 0. The van der Waals surface area contributed by atoms with E-state index in [-0.39, 0.29) is 0 Å². The van der Waals surface area contributed by atoms with E-state index in [4.69, 9.17) is 0 Å². The SMILES string of the molecule is C[C@@H](c1ccncc1)N1CC[C@@H](N(C)Cc2nnc(C3CC3)n2C)C1. The maximum absolute atomic E-state index is 4.44. The van der Waals surface area contributed by atoms with Crippen molar-refractivity contribution in [2.24, 2.45) is 7.05 Å². The van der Waals surface area contributed by atoms with Crippen LogP contribution in [-0.2, 0) is 13.6 Å². The van der Waals surface area contributed by atoms with Crippen LogP contribution in [0.15, 0.2) is 24.5 Å². The Labute approximate surface area is 149 Å². The molecule has 2 aliphatic rings. The minimum Gasteiger partial charge on any atom is -0.317 e. The van der Waals surface area contributed by atoms with Gasteiger partial charge in [-0.1, -0.05) is 0 Å². The Morgan fingerprint density at radius 2 is 1.96 bits per heavy atom. The first-order valence-electron chi connectivity index (χ1n) is 9.36. The zero-order valence-corrected chi connectivity index (χ0v) is 15.5. The maximum atomic E-state index is 4.44. The monoisotopic (exact) mass is 340 g/mol. The van der Waals surface area contributed by atoms with Gasteiger partial charge in [-0.25, -0.2) is 0 Å². The Morgan fingerprint density at radius 3 is 2.68 bits per heavy atom. The van der Waals surface area contributed by atoms with E-state index < -0.39 is 0 Å². The lowest BCUT2D eigenvalue weighted by Crippen LogP contribution is -2.35. The van der Waals surface area contributed by atoms with Crippen LogP contribution in [0.2, 0.25) is 0 Å². The largest absolute Gasteiger partial charge is 0.317 e. The van der Waals surface area contributed by atoms with E-state index in [0.717, 1.165) is 25.5 Å². The number of nitrogens with zero attached hydrogens (tertiary/aromatic N) is 6. The lowest BCUT2D eigenvalue weighted by Gasteiger charge is -2.27. The van der Waals surface area contributed by atoms with Crippen molar-refractivity contribution in [2.45, 2.75) is 50.7 Å². The van der Waals surface area contributed by atoms with Crippen molar-refractivity contribution in [1.29, 1.82) is 0 Å². The van der Waals surface area contributed by atoms with Crippen molar-refractivity contribution in [1.82, 2.24) is 29.5 Å². The number of likely N-dealkylation sites (tertiary alicyclic amines) is 1. The van der Waals surface area contributed by atoms with Gasteiger partial charge in [0.05, 0.1) is 6.54 Å². The first kappa shape index (κ1) is 16.7. The Balaban J connectivity index is 1.36. The van der Waals surface area contributed by atoms with Gasteiger partial charge in [0.2, 0.25) is 0 Å². The Bertz CT molecular complexity index is 708. The number of aromatic nitrogens is 4. The molecule has 0 spiro atoms. The molecule has 0 unspecified atom stereocenters. The van der Waals surface area contributed by atoms with E-state index in [1.165, 1.54) is 30.7 Å². The van der Waals surface area contributed by atoms with E-state index in [9.17, 15) is 0 Å². The van der Waals surface area contributed by atoms with Gasteiger partial charge in [-0.15, -0.1) is 10.2 Å². The average molecular weight is 340 g/mol. The second-order valence-corrected chi connectivity index (χ2v) is 7.62. The van der Waals surface area contributed by atoms with Crippen LogP contribution in [0, 0.1) is 0 Å². The highest BCUT2D eigenvalue weighted by molar-refractivity contribution is 5.15. The van der Waals surface area contributed by atoms with Crippen LogP contribution in [0.5, 0.6) is 0 Å². The molecular weight excluding hydrogens is 312 g/mol. The molecule has 0 radical (unpaired) electrons. The zero-order chi connectivity index (χ0) is 17.4. The van der Waals surface area contributed by atoms with Gasteiger partial charge in [0, 0.05) is 50.5 Å². The molecule has 2 aromatic rings. The molecule has 6 heteroatoms. The first-order valence-corrected chi connectivity index (χ1v) is 9.36. The van der Waals surface area contributed by atoms with E-state index in [2.05, 4.69) is 62.7 Å². The quantitative estimate of drug-likeness (QED) is 0.808. The molecule has 4 rings (SSSR count). The summed E-state index contributed by atoms with van der Waals surface area (Å²) in [6, 6.07) is 5.27. The number of hydrogen-bond acceptors (Lipinski definition) is 5. The van der Waals surface area contributed by atoms with Gasteiger partial charge >= 0.3 is 0 Å². The Morgan fingerprint density at radius 1 is 1.20 bits per heavy atom. The van der Waals surface area contributed by atoms with Crippen molar-refractivity contribution in [3.05, 3.63) is 41.7 Å².